The van der Waals surface area contributed by atoms with Crippen molar-refractivity contribution in [2.75, 3.05) is 13.2 Å². The lowest BCUT2D eigenvalue weighted by atomic mass is 9.56. The van der Waals surface area contributed by atoms with E-state index in [1.807, 2.05) is 19.1 Å². The monoisotopic (exact) mass is 355 g/mol. The maximum absolute atomic E-state index is 10.8. The topological polar surface area (TPSA) is 41.5 Å². The molecule has 3 unspecified atom stereocenters. The van der Waals surface area contributed by atoms with Gasteiger partial charge in [-0.25, -0.2) is 0 Å². The predicted molar refractivity (Wildman–Crippen MR) is 89.3 cm³/mol. The Balaban J connectivity index is 1.92. The van der Waals surface area contributed by atoms with Crippen LogP contribution >= 0.6 is 15.9 Å². The molecule has 0 aliphatic heterocycles. The van der Waals surface area contributed by atoms with Crippen LogP contribution < -0.4 is 5.32 Å². The molecule has 3 atom stereocenters. The quantitative estimate of drug-likeness (QED) is 0.817. The molecule has 0 aromatic heterocycles. The number of nitrogens with one attached hydrogen (secondary N) is 1. The van der Waals surface area contributed by atoms with E-state index < -0.39 is 5.60 Å². The maximum Gasteiger partial charge on any atom is 0.0871 e. The van der Waals surface area contributed by atoms with Crippen molar-refractivity contribution in [2.45, 2.75) is 51.9 Å². The first-order chi connectivity index (χ1) is 9.80. The molecule has 0 bridgehead atoms. The molecule has 0 radical (unpaired) electrons. The van der Waals surface area contributed by atoms with Gasteiger partial charge in [-0.05, 0) is 31.5 Å². The largest absolute Gasteiger partial charge is 0.388 e. The molecule has 1 fully saturated rings. The SMILES string of the molecule is CCOC1CC(O)(CNC(C)c2ccc(Br)cc2)C1(C)C. The molecule has 3 nitrogen and oxygen atoms in total. The van der Waals surface area contributed by atoms with Crippen molar-refractivity contribution in [2.24, 2.45) is 5.41 Å². The molecule has 0 saturated heterocycles. The summed E-state index contributed by atoms with van der Waals surface area (Å²) >= 11 is 3.45. The molecule has 2 rings (SSSR count). The normalized spacial score (nSPS) is 29.0. The van der Waals surface area contributed by atoms with Crippen LogP contribution in [0.3, 0.4) is 0 Å². The molecular formula is C17H26BrNO2. The Morgan fingerprint density at radius 2 is 2.00 bits per heavy atom. The molecule has 4 heteroatoms. The number of rotatable bonds is 6. The highest BCUT2D eigenvalue weighted by molar-refractivity contribution is 9.10. The van der Waals surface area contributed by atoms with Gasteiger partial charge in [-0.1, -0.05) is 41.9 Å². The van der Waals surface area contributed by atoms with Crippen LogP contribution in [0.4, 0.5) is 0 Å². The van der Waals surface area contributed by atoms with Crippen LogP contribution in [0.5, 0.6) is 0 Å². The second kappa shape index (κ2) is 6.37. The van der Waals surface area contributed by atoms with Crippen LogP contribution in [0.25, 0.3) is 0 Å². The van der Waals surface area contributed by atoms with Gasteiger partial charge in [0.25, 0.3) is 0 Å². The highest BCUT2D eigenvalue weighted by Gasteiger charge is 2.59. The van der Waals surface area contributed by atoms with Gasteiger partial charge in [0.15, 0.2) is 0 Å². The van der Waals surface area contributed by atoms with Crippen LogP contribution in [0, 0.1) is 5.41 Å². The lowest BCUT2D eigenvalue weighted by Gasteiger charge is -2.58. The van der Waals surface area contributed by atoms with E-state index in [9.17, 15) is 5.11 Å². The average molecular weight is 356 g/mol. The van der Waals surface area contributed by atoms with Gasteiger partial charge in [-0.3, -0.25) is 0 Å². The molecule has 1 aliphatic rings. The van der Waals surface area contributed by atoms with Crippen molar-refractivity contribution in [1.82, 2.24) is 5.32 Å². The van der Waals surface area contributed by atoms with E-state index in [4.69, 9.17) is 4.74 Å². The van der Waals surface area contributed by atoms with Gasteiger partial charge >= 0.3 is 0 Å². The Morgan fingerprint density at radius 1 is 1.38 bits per heavy atom. The van der Waals surface area contributed by atoms with Gasteiger partial charge in [-0.15, -0.1) is 0 Å². The fraction of sp³-hybridized carbons (Fsp3) is 0.647. The Morgan fingerprint density at radius 3 is 2.52 bits per heavy atom. The van der Waals surface area contributed by atoms with E-state index in [1.165, 1.54) is 5.56 Å². The smallest absolute Gasteiger partial charge is 0.0871 e. The molecule has 0 heterocycles. The summed E-state index contributed by atoms with van der Waals surface area (Å²) in [6.07, 6.45) is 0.853. The van der Waals surface area contributed by atoms with Gasteiger partial charge in [0, 0.05) is 35.5 Å². The van der Waals surface area contributed by atoms with Crippen LogP contribution in [0.1, 0.15) is 45.7 Å². The Kier molecular flexibility index (Phi) is 5.14. The van der Waals surface area contributed by atoms with Crippen LogP contribution in [-0.2, 0) is 4.74 Å². The van der Waals surface area contributed by atoms with Crippen LogP contribution in [0.15, 0.2) is 28.7 Å². The summed E-state index contributed by atoms with van der Waals surface area (Å²) in [4.78, 5) is 0. The molecule has 2 N–H and O–H groups in total. The van der Waals surface area contributed by atoms with Crippen molar-refractivity contribution >= 4 is 15.9 Å². The maximum atomic E-state index is 10.8. The van der Waals surface area contributed by atoms with E-state index >= 15 is 0 Å². The number of hydrogen-bond acceptors (Lipinski definition) is 3. The summed E-state index contributed by atoms with van der Waals surface area (Å²) < 4.78 is 6.78. The fourth-order valence-corrected chi connectivity index (χ4v) is 3.22. The molecule has 1 aliphatic carbocycles. The lowest BCUT2D eigenvalue weighted by Crippen LogP contribution is -2.68. The minimum Gasteiger partial charge on any atom is -0.388 e. The van der Waals surface area contributed by atoms with Gasteiger partial charge in [0.1, 0.15) is 0 Å². The van der Waals surface area contributed by atoms with Crippen LogP contribution in [-0.4, -0.2) is 30.0 Å². The van der Waals surface area contributed by atoms with E-state index in [0.717, 1.165) is 4.47 Å². The third-order valence-corrected chi connectivity index (χ3v) is 5.49. The third kappa shape index (κ3) is 3.34. The molecule has 21 heavy (non-hydrogen) atoms. The molecule has 0 spiro atoms. The standard InChI is InChI=1S/C17H26BrNO2/c1-5-21-15-10-17(20,16(15,3)4)11-19-12(2)13-6-8-14(18)9-7-13/h6-9,12,15,19-20H,5,10-11H2,1-4H3. The van der Waals surface area contributed by atoms with Crippen molar-refractivity contribution in [1.29, 1.82) is 0 Å². The van der Waals surface area contributed by atoms with Crippen LogP contribution in [0.2, 0.25) is 0 Å². The van der Waals surface area contributed by atoms with Crippen molar-refractivity contribution < 1.29 is 9.84 Å². The highest BCUT2D eigenvalue weighted by Crippen LogP contribution is 2.51. The zero-order valence-electron chi connectivity index (χ0n) is 13.3. The first kappa shape index (κ1) is 16.9. The highest BCUT2D eigenvalue weighted by atomic mass is 79.9. The summed E-state index contributed by atoms with van der Waals surface area (Å²) in [5, 5.41) is 14.3. The number of hydrogen-bond donors (Lipinski definition) is 2. The number of benzene rings is 1. The summed E-state index contributed by atoms with van der Waals surface area (Å²) in [6, 6.07) is 8.49. The van der Waals surface area contributed by atoms with Crippen molar-refractivity contribution in [3.8, 4) is 0 Å². The first-order valence-corrected chi connectivity index (χ1v) is 8.42. The summed E-state index contributed by atoms with van der Waals surface area (Å²) in [5.41, 5.74) is 0.312. The van der Waals surface area contributed by atoms with Gasteiger partial charge in [0.05, 0.1) is 11.7 Å². The van der Waals surface area contributed by atoms with Crippen molar-refractivity contribution in [3.05, 3.63) is 34.3 Å². The molecule has 118 valence electrons. The average Bonchev–Trinajstić information content (AvgIpc) is 2.45. The Labute approximate surface area is 136 Å². The zero-order chi connectivity index (χ0) is 15.7. The summed E-state index contributed by atoms with van der Waals surface area (Å²) in [5.74, 6) is 0. The first-order valence-electron chi connectivity index (χ1n) is 7.63. The fourth-order valence-electron chi connectivity index (χ4n) is 2.95. The van der Waals surface area contributed by atoms with E-state index in [0.29, 0.717) is 19.6 Å². The second-order valence-corrected chi connectivity index (χ2v) is 7.47. The minimum atomic E-state index is -0.698. The van der Waals surface area contributed by atoms with E-state index in [1.54, 1.807) is 0 Å². The molecule has 0 amide bonds. The minimum absolute atomic E-state index is 0.150. The molecule has 1 saturated carbocycles. The number of aliphatic hydroxyl groups is 1. The summed E-state index contributed by atoms with van der Waals surface area (Å²) in [7, 11) is 0. The van der Waals surface area contributed by atoms with Gasteiger partial charge < -0.3 is 15.2 Å². The predicted octanol–water partition coefficient (Wildman–Crippen LogP) is 3.67. The van der Waals surface area contributed by atoms with Gasteiger partial charge in [0.2, 0.25) is 0 Å². The van der Waals surface area contributed by atoms with E-state index in [-0.39, 0.29) is 17.6 Å². The Bertz CT molecular complexity index is 474. The summed E-state index contributed by atoms with van der Waals surface area (Å²) in [6.45, 7) is 9.58. The van der Waals surface area contributed by atoms with Crippen molar-refractivity contribution in [3.63, 3.8) is 0 Å². The molecule has 1 aromatic rings. The second-order valence-electron chi connectivity index (χ2n) is 6.56. The van der Waals surface area contributed by atoms with E-state index in [2.05, 4.69) is 54.2 Å². The number of halogens is 1. The lowest BCUT2D eigenvalue weighted by molar-refractivity contribution is -0.238. The zero-order valence-corrected chi connectivity index (χ0v) is 14.9. The van der Waals surface area contributed by atoms with Gasteiger partial charge in [-0.2, -0.15) is 0 Å². The third-order valence-electron chi connectivity index (χ3n) is 4.97. The molecular weight excluding hydrogens is 330 g/mol. The number of ether oxygens (including phenoxy) is 1. The molecule has 1 aromatic carbocycles. The Hall–Kier alpha value is -0.420.